The Labute approximate surface area is 98.6 Å². The van der Waals surface area contributed by atoms with Gasteiger partial charge in [0, 0.05) is 25.8 Å². The van der Waals surface area contributed by atoms with Crippen LogP contribution in [0.5, 0.6) is 0 Å². The molecule has 5 heteroatoms. The van der Waals surface area contributed by atoms with Crippen LogP contribution in [0.2, 0.25) is 0 Å². The Hall–Kier alpha value is -0.680. The van der Waals surface area contributed by atoms with Gasteiger partial charge in [-0.3, -0.25) is 0 Å². The molecule has 0 radical (unpaired) electrons. The lowest BCUT2D eigenvalue weighted by atomic mass is 10.4. The summed E-state index contributed by atoms with van der Waals surface area (Å²) in [4.78, 5) is 8.60. The fraction of sp³-hybridized carbons (Fsp3) is 0.600. The SMILES string of the molecule is CCNc1nc(CCOCC)ncc1Br. The van der Waals surface area contributed by atoms with Gasteiger partial charge in [0.2, 0.25) is 0 Å². The Bertz CT molecular complexity index is 307. The second kappa shape index (κ2) is 6.74. The van der Waals surface area contributed by atoms with E-state index in [-0.39, 0.29) is 0 Å². The van der Waals surface area contributed by atoms with Crippen LogP contribution in [0.3, 0.4) is 0 Å². The zero-order chi connectivity index (χ0) is 11.1. The molecule has 1 N–H and O–H groups in total. The van der Waals surface area contributed by atoms with Crippen molar-refractivity contribution < 1.29 is 4.74 Å². The maximum absolute atomic E-state index is 5.26. The van der Waals surface area contributed by atoms with Gasteiger partial charge in [0.1, 0.15) is 11.6 Å². The van der Waals surface area contributed by atoms with Crippen molar-refractivity contribution in [3.8, 4) is 0 Å². The number of halogens is 1. The summed E-state index contributed by atoms with van der Waals surface area (Å²) >= 11 is 3.39. The van der Waals surface area contributed by atoms with Gasteiger partial charge in [-0.05, 0) is 29.8 Å². The molecule has 1 aromatic heterocycles. The van der Waals surface area contributed by atoms with Gasteiger partial charge in [-0.15, -0.1) is 0 Å². The predicted octanol–water partition coefficient (Wildman–Crippen LogP) is 2.25. The van der Waals surface area contributed by atoms with E-state index in [0.717, 1.165) is 35.7 Å². The van der Waals surface area contributed by atoms with Gasteiger partial charge in [0.15, 0.2) is 0 Å². The summed E-state index contributed by atoms with van der Waals surface area (Å²) in [6.45, 7) is 6.27. The van der Waals surface area contributed by atoms with E-state index in [1.54, 1.807) is 6.20 Å². The van der Waals surface area contributed by atoms with Crippen molar-refractivity contribution in [2.75, 3.05) is 25.1 Å². The molecule has 84 valence electrons. The van der Waals surface area contributed by atoms with Crippen LogP contribution in [-0.4, -0.2) is 29.7 Å². The van der Waals surface area contributed by atoms with Gasteiger partial charge in [0.05, 0.1) is 11.1 Å². The summed E-state index contributed by atoms with van der Waals surface area (Å²) in [7, 11) is 0. The lowest BCUT2D eigenvalue weighted by Gasteiger charge is -2.06. The first kappa shape index (κ1) is 12.4. The molecule has 4 nitrogen and oxygen atoms in total. The largest absolute Gasteiger partial charge is 0.381 e. The standard InChI is InChI=1S/C10H16BrN3O/c1-3-12-10-8(11)7-13-9(14-10)5-6-15-4-2/h7H,3-6H2,1-2H3,(H,12,13,14). The highest BCUT2D eigenvalue weighted by molar-refractivity contribution is 9.10. The molecule has 0 atom stereocenters. The lowest BCUT2D eigenvalue weighted by Crippen LogP contribution is -2.06. The Morgan fingerprint density at radius 2 is 2.27 bits per heavy atom. The van der Waals surface area contributed by atoms with Crippen LogP contribution < -0.4 is 5.32 Å². The fourth-order valence-electron chi connectivity index (χ4n) is 1.12. The smallest absolute Gasteiger partial charge is 0.144 e. The number of hydrogen-bond acceptors (Lipinski definition) is 4. The van der Waals surface area contributed by atoms with E-state index in [9.17, 15) is 0 Å². The van der Waals surface area contributed by atoms with Crippen LogP contribution in [-0.2, 0) is 11.2 Å². The molecule has 15 heavy (non-hydrogen) atoms. The third kappa shape index (κ3) is 4.13. The molecule has 0 amide bonds. The normalized spacial score (nSPS) is 10.3. The van der Waals surface area contributed by atoms with Gasteiger partial charge in [-0.25, -0.2) is 9.97 Å². The molecule has 0 saturated heterocycles. The minimum absolute atomic E-state index is 0.670. The van der Waals surface area contributed by atoms with E-state index in [4.69, 9.17) is 4.74 Å². The summed E-state index contributed by atoms with van der Waals surface area (Å²) in [6.07, 6.45) is 2.52. The zero-order valence-electron chi connectivity index (χ0n) is 9.09. The summed E-state index contributed by atoms with van der Waals surface area (Å²) in [5.41, 5.74) is 0. The highest BCUT2D eigenvalue weighted by Gasteiger charge is 2.03. The summed E-state index contributed by atoms with van der Waals surface area (Å²) in [5, 5.41) is 3.17. The van der Waals surface area contributed by atoms with Crippen molar-refractivity contribution in [1.29, 1.82) is 0 Å². The number of anilines is 1. The average Bonchev–Trinajstić information content (AvgIpc) is 2.23. The first-order valence-corrected chi connectivity index (χ1v) is 5.90. The number of ether oxygens (including phenoxy) is 1. The van der Waals surface area contributed by atoms with E-state index in [1.807, 2.05) is 13.8 Å². The first-order valence-electron chi connectivity index (χ1n) is 5.11. The average molecular weight is 274 g/mol. The highest BCUT2D eigenvalue weighted by Crippen LogP contribution is 2.18. The van der Waals surface area contributed by atoms with Crippen LogP contribution in [0.4, 0.5) is 5.82 Å². The molecule has 1 aromatic rings. The molecule has 0 aromatic carbocycles. The Morgan fingerprint density at radius 3 is 2.93 bits per heavy atom. The monoisotopic (exact) mass is 273 g/mol. The maximum Gasteiger partial charge on any atom is 0.144 e. The maximum atomic E-state index is 5.26. The zero-order valence-corrected chi connectivity index (χ0v) is 10.7. The van der Waals surface area contributed by atoms with Crippen molar-refractivity contribution in [3.05, 3.63) is 16.5 Å². The highest BCUT2D eigenvalue weighted by atomic mass is 79.9. The molecule has 0 aliphatic carbocycles. The van der Waals surface area contributed by atoms with E-state index >= 15 is 0 Å². The van der Waals surface area contributed by atoms with E-state index < -0.39 is 0 Å². The minimum atomic E-state index is 0.670. The van der Waals surface area contributed by atoms with E-state index in [1.165, 1.54) is 0 Å². The Balaban J connectivity index is 2.61. The second-order valence-electron chi connectivity index (χ2n) is 2.96. The quantitative estimate of drug-likeness (QED) is 0.808. The van der Waals surface area contributed by atoms with Gasteiger partial charge < -0.3 is 10.1 Å². The lowest BCUT2D eigenvalue weighted by molar-refractivity contribution is 0.149. The van der Waals surface area contributed by atoms with E-state index in [2.05, 4.69) is 31.2 Å². The number of nitrogens with one attached hydrogen (secondary N) is 1. The molecule has 0 aliphatic rings. The fourth-order valence-corrected chi connectivity index (χ4v) is 1.45. The Morgan fingerprint density at radius 1 is 1.47 bits per heavy atom. The van der Waals surface area contributed by atoms with Gasteiger partial charge >= 0.3 is 0 Å². The molecular weight excluding hydrogens is 258 g/mol. The number of aromatic nitrogens is 2. The first-order chi connectivity index (χ1) is 7.27. The van der Waals surface area contributed by atoms with Crippen LogP contribution in [0, 0.1) is 0 Å². The number of hydrogen-bond donors (Lipinski definition) is 1. The molecule has 0 aliphatic heterocycles. The third-order valence-electron chi connectivity index (χ3n) is 1.81. The Kier molecular flexibility index (Phi) is 5.57. The summed E-state index contributed by atoms with van der Waals surface area (Å²) in [6, 6.07) is 0. The molecule has 1 rings (SSSR count). The van der Waals surface area contributed by atoms with Crippen molar-refractivity contribution in [2.24, 2.45) is 0 Å². The van der Waals surface area contributed by atoms with E-state index in [0.29, 0.717) is 6.61 Å². The summed E-state index contributed by atoms with van der Waals surface area (Å²) < 4.78 is 6.15. The number of nitrogens with zero attached hydrogens (tertiary/aromatic N) is 2. The van der Waals surface area contributed by atoms with Gasteiger partial charge in [-0.2, -0.15) is 0 Å². The second-order valence-corrected chi connectivity index (χ2v) is 3.81. The van der Waals surface area contributed by atoms with Crippen molar-refractivity contribution in [2.45, 2.75) is 20.3 Å². The van der Waals surface area contributed by atoms with Crippen molar-refractivity contribution >= 4 is 21.7 Å². The minimum Gasteiger partial charge on any atom is -0.381 e. The molecule has 0 bridgehead atoms. The molecule has 0 unspecified atom stereocenters. The van der Waals surface area contributed by atoms with Crippen molar-refractivity contribution in [1.82, 2.24) is 9.97 Å². The topological polar surface area (TPSA) is 47.0 Å². The van der Waals surface area contributed by atoms with Crippen LogP contribution in [0.25, 0.3) is 0 Å². The van der Waals surface area contributed by atoms with Crippen molar-refractivity contribution in [3.63, 3.8) is 0 Å². The van der Waals surface area contributed by atoms with Gasteiger partial charge in [0.25, 0.3) is 0 Å². The van der Waals surface area contributed by atoms with Gasteiger partial charge in [-0.1, -0.05) is 0 Å². The predicted molar refractivity (Wildman–Crippen MR) is 64.1 cm³/mol. The third-order valence-corrected chi connectivity index (χ3v) is 2.39. The molecule has 0 spiro atoms. The molecular formula is C10H16BrN3O. The summed E-state index contributed by atoms with van der Waals surface area (Å²) in [5.74, 6) is 1.65. The molecule has 0 fully saturated rings. The molecule has 1 heterocycles. The number of rotatable bonds is 6. The molecule has 0 saturated carbocycles. The van der Waals surface area contributed by atoms with Crippen LogP contribution in [0.1, 0.15) is 19.7 Å². The van der Waals surface area contributed by atoms with Crippen LogP contribution in [0.15, 0.2) is 10.7 Å². The van der Waals surface area contributed by atoms with Crippen LogP contribution >= 0.6 is 15.9 Å².